The summed E-state index contributed by atoms with van der Waals surface area (Å²) in [7, 11) is 1.65. The molecule has 0 amide bonds. The fraction of sp³-hybridized carbons (Fsp3) is 0.0526. The Hall–Kier alpha value is -3.14. The van der Waals surface area contributed by atoms with E-state index in [1.54, 1.807) is 13.3 Å². The van der Waals surface area contributed by atoms with Crippen LogP contribution in [0.2, 0.25) is 0 Å². The van der Waals surface area contributed by atoms with Crippen molar-refractivity contribution in [3.05, 3.63) is 90.3 Å². The van der Waals surface area contributed by atoms with Crippen LogP contribution in [-0.2, 0) is 0 Å². The maximum absolute atomic E-state index is 5.16. The Morgan fingerprint density at radius 2 is 1.65 bits per heavy atom. The lowest BCUT2D eigenvalue weighted by molar-refractivity contribution is 0.415. The Kier molecular flexibility index (Phi) is 4.64. The van der Waals surface area contributed by atoms with E-state index in [1.165, 1.54) is 0 Å². The Labute approximate surface area is 135 Å². The maximum Gasteiger partial charge on any atom is 0.119 e. The third kappa shape index (κ3) is 3.74. The second-order valence-electron chi connectivity index (χ2n) is 4.88. The highest BCUT2D eigenvalue weighted by molar-refractivity contribution is 6.11. The molecule has 0 saturated carbocycles. The first-order chi connectivity index (χ1) is 11.4. The van der Waals surface area contributed by atoms with Crippen molar-refractivity contribution in [1.29, 1.82) is 0 Å². The fourth-order valence-corrected chi connectivity index (χ4v) is 2.15. The van der Waals surface area contributed by atoms with Gasteiger partial charge in [-0.25, -0.2) is 0 Å². The normalized spacial score (nSPS) is 11.1. The molecule has 0 spiro atoms. The second kappa shape index (κ2) is 7.22. The molecule has 2 aromatic carbocycles. The van der Waals surface area contributed by atoms with E-state index in [4.69, 9.17) is 4.74 Å². The molecule has 1 heterocycles. The number of anilines is 1. The van der Waals surface area contributed by atoms with Crippen molar-refractivity contribution in [3.63, 3.8) is 0 Å². The van der Waals surface area contributed by atoms with Crippen molar-refractivity contribution in [3.8, 4) is 5.75 Å². The molecule has 114 valence electrons. The van der Waals surface area contributed by atoms with E-state index in [1.807, 2.05) is 72.8 Å². The van der Waals surface area contributed by atoms with E-state index in [-0.39, 0.29) is 0 Å². The zero-order valence-electron chi connectivity index (χ0n) is 12.8. The van der Waals surface area contributed by atoms with Crippen LogP contribution in [0.25, 0.3) is 0 Å². The molecule has 0 unspecified atom stereocenters. The molecule has 1 aromatic heterocycles. The van der Waals surface area contributed by atoms with Gasteiger partial charge in [-0.1, -0.05) is 36.4 Å². The van der Waals surface area contributed by atoms with E-state index < -0.39 is 0 Å². The molecule has 0 fully saturated rings. The number of pyridine rings is 1. The van der Waals surface area contributed by atoms with E-state index in [0.717, 1.165) is 28.4 Å². The fourth-order valence-electron chi connectivity index (χ4n) is 2.15. The molecular formula is C19H17N3O. The van der Waals surface area contributed by atoms with Gasteiger partial charge in [0, 0.05) is 11.8 Å². The van der Waals surface area contributed by atoms with Crippen LogP contribution >= 0.6 is 0 Å². The number of rotatable bonds is 5. The zero-order valence-corrected chi connectivity index (χ0v) is 12.8. The van der Waals surface area contributed by atoms with Gasteiger partial charge >= 0.3 is 0 Å². The van der Waals surface area contributed by atoms with Gasteiger partial charge in [0.2, 0.25) is 0 Å². The van der Waals surface area contributed by atoms with Gasteiger partial charge in [-0.05, 0) is 36.4 Å². The van der Waals surface area contributed by atoms with Gasteiger partial charge in [-0.15, -0.1) is 0 Å². The number of hydrogen-bond donors (Lipinski definition) is 1. The summed E-state index contributed by atoms with van der Waals surface area (Å²) in [6.07, 6.45) is 1.77. The number of benzene rings is 2. The van der Waals surface area contributed by atoms with Crippen LogP contribution in [0.3, 0.4) is 0 Å². The molecule has 0 bridgehead atoms. The van der Waals surface area contributed by atoms with Gasteiger partial charge in [0.25, 0.3) is 0 Å². The predicted octanol–water partition coefficient (Wildman–Crippen LogP) is 3.95. The van der Waals surface area contributed by atoms with Crippen molar-refractivity contribution in [2.75, 3.05) is 12.5 Å². The first-order valence-electron chi connectivity index (χ1n) is 7.31. The highest BCUT2D eigenvalue weighted by atomic mass is 16.5. The molecule has 3 aromatic rings. The summed E-state index contributed by atoms with van der Waals surface area (Å²) in [6, 6.07) is 23.4. The van der Waals surface area contributed by atoms with Crippen molar-refractivity contribution in [2.45, 2.75) is 0 Å². The minimum atomic E-state index is 0.794. The lowest BCUT2D eigenvalue weighted by Gasteiger charge is -2.08. The molecule has 23 heavy (non-hydrogen) atoms. The summed E-state index contributed by atoms with van der Waals surface area (Å²) >= 11 is 0. The van der Waals surface area contributed by atoms with Crippen LogP contribution in [0, 0.1) is 0 Å². The lowest BCUT2D eigenvalue weighted by atomic mass is 10.1. The number of nitrogens with one attached hydrogen (secondary N) is 1. The van der Waals surface area contributed by atoms with Crippen LogP contribution in [-0.4, -0.2) is 17.8 Å². The molecule has 0 atom stereocenters. The number of ether oxygens (including phenoxy) is 1. The number of hydrogen-bond acceptors (Lipinski definition) is 4. The van der Waals surface area contributed by atoms with E-state index in [9.17, 15) is 0 Å². The minimum Gasteiger partial charge on any atom is -0.497 e. The lowest BCUT2D eigenvalue weighted by Crippen LogP contribution is -2.08. The predicted molar refractivity (Wildman–Crippen MR) is 92.9 cm³/mol. The number of nitrogens with zero attached hydrogens (tertiary/aromatic N) is 2. The van der Waals surface area contributed by atoms with E-state index >= 15 is 0 Å². The van der Waals surface area contributed by atoms with Gasteiger partial charge in [-0.3, -0.25) is 10.4 Å². The van der Waals surface area contributed by atoms with Gasteiger partial charge in [0.05, 0.1) is 18.5 Å². The molecule has 0 aliphatic rings. The molecule has 4 nitrogen and oxygen atoms in total. The van der Waals surface area contributed by atoms with Crippen molar-refractivity contribution in [1.82, 2.24) is 4.98 Å². The molecule has 0 radical (unpaired) electrons. The highest BCUT2D eigenvalue weighted by Crippen LogP contribution is 2.16. The summed E-state index contributed by atoms with van der Waals surface area (Å²) in [5, 5.41) is 4.55. The number of methoxy groups -OCH3 is 1. The number of hydrazone groups is 1. The van der Waals surface area contributed by atoms with Crippen molar-refractivity contribution < 1.29 is 4.74 Å². The molecule has 0 aliphatic carbocycles. The second-order valence-corrected chi connectivity index (χ2v) is 4.88. The summed E-state index contributed by atoms with van der Waals surface area (Å²) in [6.45, 7) is 0. The third-order valence-electron chi connectivity index (χ3n) is 3.34. The average molecular weight is 303 g/mol. The van der Waals surface area contributed by atoms with Gasteiger partial charge in [-0.2, -0.15) is 5.10 Å². The molecule has 3 rings (SSSR count). The minimum absolute atomic E-state index is 0.794. The molecule has 4 heteroatoms. The summed E-state index contributed by atoms with van der Waals surface area (Å²) < 4.78 is 5.16. The van der Waals surface area contributed by atoms with Crippen LogP contribution in [0.15, 0.2) is 84.1 Å². The van der Waals surface area contributed by atoms with E-state index in [0.29, 0.717) is 0 Å². The monoisotopic (exact) mass is 303 g/mol. The largest absolute Gasteiger partial charge is 0.497 e. The topological polar surface area (TPSA) is 46.5 Å². The molecular weight excluding hydrogens is 286 g/mol. The molecule has 0 saturated heterocycles. The quantitative estimate of drug-likeness (QED) is 0.573. The molecule has 0 aliphatic heterocycles. The first-order valence-corrected chi connectivity index (χ1v) is 7.31. The van der Waals surface area contributed by atoms with Crippen LogP contribution in [0.5, 0.6) is 5.75 Å². The highest BCUT2D eigenvalue weighted by Gasteiger charge is 2.07. The smallest absolute Gasteiger partial charge is 0.119 e. The summed E-state index contributed by atoms with van der Waals surface area (Å²) in [5.41, 5.74) is 6.59. The Bertz CT molecular complexity index is 727. The maximum atomic E-state index is 5.16. The van der Waals surface area contributed by atoms with E-state index in [2.05, 4.69) is 15.5 Å². The standard InChI is InChI=1S/C19H17N3O/c1-23-17-12-10-16(11-13-17)21-22-19(15-7-3-2-4-8-15)18-9-5-6-14-20-18/h2-14,21H,1H3. The Morgan fingerprint density at radius 1 is 0.913 bits per heavy atom. The van der Waals surface area contributed by atoms with Crippen LogP contribution in [0.1, 0.15) is 11.3 Å². The summed E-state index contributed by atoms with van der Waals surface area (Å²) in [4.78, 5) is 4.40. The third-order valence-corrected chi connectivity index (χ3v) is 3.34. The number of aromatic nitrogens is 1. The SMILES string of the molecule is COc1ccc(NN=C(c2ccccc2)c2ccccn2)cc1. The Balaban J connectivity index is 1.91. The van der Waals surface area contributed by atoms with Crippen molar-refractivity contribution in [2.24, 2.45) is 5.10 Å². The van der Waals surface area contributed by atoms with Gasteiger partial charge in [0.1, 0.15) is 11.5 Å². The molecule has 1 N–H and O–H groups in total. The van der Waals surface area contributed by atoms with Gasteiger partial charge < -0.3 is 4.74 Å². The van der Waals surface area contributed by atoms with Crippen LogP contribution in [0.4, 0.5) is 5.69 Å². The van der Waals surface area contributed by atoms with Gasteiger partial charge in [0.15, 0.2) is 0 Å². The zero-order chi connectivity index (χ0) is 15.9. The average Bonchev–Trinajstić information content (AvgIpc) is 2.64. The summed E-state index contributed by atoms with van der Waals surface area (Å²) in [5.74, 6) is 0.813. The Morgan fingerprint density at radius 3 is 2.30 bits per heavy atom. The van der Waals surface area contributed by atoms with Crippen LogP contribution < -0.4 is 10.2 Å². The van der Waals surface area contributed by atoms with Crippen molar-refractivity contribution >= 4 is 11.4 Å². The first kappa shape index (κ1) is 14.8.